The molecule has 1 unspecified atom stereocenters. The number of para-hydroxylation sites is 1. The number of nitrogens with zero attached hydrogens (tertiary/aromatic N) is 2. The molecule has 3 aromatic rings. The molecular weight excluding hydrogens is 292 g/mol. The lowest BCUT2D eigenvalue weighted by atomic mass is 9.84. The highest BCUT2D eigenvalue weighted by Gasteiger charge is 2.33. The maximum absolute atomic E-state index is 5.06. The van der Waals surface area contributed by atoms with Gasteiger partial charge in [-0.2, -0.15) is 0 Å². The van der Waals surface area contributed by atoms with Crippen LogP contribution >= 0.6 is 0 Å². The predicted molar refractivity (Wildman–Crippen MR) is 98.1 cm³/mol. The highest BCUT2D eigenvalue weighted by Crippen LogP contribution is 2.39. The van der Waals surface area contributed by atoms with Crippen molar-refractivity contribution in [1.82, 2.24) is 9.88 Å². The molecule has 0 fully saturated rings. The first-order valence-electron chi connectivity index (χ1n) is 9.06. The van der Waals surface area contributed by atoms with Crippen LogP contribution in [0.4, 0.5) is 0 Å². The van der Waals surface area contributed by atoms with Gasteiger partial charge in [-0.25, -0.2) is 0 Å². The van der Waals surface area contributed by atoms with Crippen LogP contribution in [0.2, 0.25) is 0 Å². The van der Waals surface area contributed by atoms with Crippen molar-refractivity contribution < 1.29 is 0 Å². The number of fused-ring (bicyclic) bond motifs is 5. The molecule has 2 aliphatic heterocycles. The van der Waals surface area contributed by atoms with Gasteiger partial charge in [0.1, 0.15) is 0 Å². The molecule has 2 aromatic carbocycles. The second-order valence-electron chi connectivity index (χ2n) is 7.03. The largest absolute Gasteiger partial charge is 0.291 e. The van der Waals surface area contributed by atoms with E-state index in [1.807, 2.05) is 0 Å². The van der Waals surface area contributed by atoms with Crippen LogP contribution in [0.15, 0.2) is 48.5 Å². The first kappa shape index (κ1) is 14.2. The smallest absolute Gasteiger partial charge is 0.0708 e. The minimum atomic E-state index is 0.501. The molecule has 3 heterocycles. The van der Waals surface area contributed by atoms with Gasteiger partial charge < -0.3 is 0 Å². The molecule has 2 nitrogen and oxygen atoms in total. The number of hydrogen-bond donors (Lipinski definition) is 0. The van der Waals surface area contributed by atoms with Crippen LogP contribution in [0, 0.1) is 0 Å². The van der Waals surface area contributed by atoms with E-state index in [0.29, 0.717) is 6.04 Å². The summed E-state index contributed by atoms with van der Waals surface area (Å²) in [6.07, 6.45) is 3.30. The normalized spacial score (nSPS) is 19.6. The molecule has 1 aromatic heterocycles. The quantitative estimate of drug-likeness (QED) is 0.659. The Labute approximate surface area is 143 Å². The third-order valence-corrected chi connectivity index (χ3v) is 5.82. The van der Waals surface area contributed by atoms with Crippen molar-refractivity contribution in [3.05, 3.63) is 76.5 Å². The summed E-state index contributed by atoms with van der Waals surface area (Å²) in [5.41, 5.74) is 8.52. The van der Waals surface area contributed by atoms with E-state index in [4.69, 9.17) is 4.98 Å². The van der Waals surface area contributed by atoms with Crippen LogP contribution in [0.1, 0.15) is 40.9 Å². The van der Waals surface area contributed by atoms with Gasteiger partial charge in [0.2, 0.25) is 0 Å². The van der Waals surface area contributed by atoms with Crippen molar-refractivity contribution >= 4 is 10.9 Å². The van der Waals surface area contributed by atoms with Gasteiger partial charge >= 0.3 is 0 Å². The minimum absolute atomic E-state index is 0.501. The molecule has 2 aliphatic rings. The van der Waals surface area contributed by atoms with E-state index >= 15 is 0 Å². The summed E-state index contributed by atoms with van der Waals surface area (Å²) in [5, 5.41) is 1.34. The molecule has 0 spiro atoms. The molecule has 0 amide bonds. The van der Waals surface area contributed by atoms with Crippen molar-refractivity contribution in [3.8, 4) is 0 Å². The Kier molecular flexibility index (Phi) is 3.20. The fourth-order valence-corrected chi connectivity index (χ4v) is 4.65. The van der Waals surface area contributed by atoms with Crippen LogP contribution in [-0.4, -0.2) is 16.4 Å². The molecule has 5 rings (SSSR count). The van der Waals surface area contributed by atoms with Gasteiger partial charge in [-0.1, -0.05) is 49.4 Å². The van der Waals surface area contributed by atoms with E-state index in [1.54, 1.807) is 0 Å². The number of benzene rings is 2. The molecule has 0 aliphatic carbocycles. The standard InChI is InChI=1S/C22H22N2/c1-2-16-18-9-5-6-10-20(18)23-21-13-22-17-8-4-3-7-15(17)11-12-24(22)14-19(16)21/h3-10,22H,2,11-14H2,1H3. The van der Waals surface area contributed by atoms with Crippen LogP contribution in [-0.2, 0) is 25.8 Å². The SMILES string of the molecule is CCc1c2c(nc3ccccc13)CC1c3ccccc3CCN1C2. The van der Waals surface area contributed by atoms with E-state index in [9.17, 15) is 0 Å². The van der Waals surface area contributed by atoms with Gasteiger partial charge in [0.25, 0.3) is 0 Å². The van der Waals surface area contributed by atoms with Crippen LogP contribution in [0.5, 0.6) is 0 Å². The monoisotopic (exact) mass is 314 g/mol. The molecule has 24 heavy (non-hydrogen) atoms. The van der Waals surface area contributed by atoms with Crippen molar-refractivity contribution in [2.24, 2.45) is 0 Å². The van der Waals surface area contributed by atoms with Crippen molar-refractivity contribution in [1.29, 1.82) is 0 Å². The summed E-state index contributed by atoms with van der Waals surface area (Å²) in [6.45, 7) is 4.49. The molecule has 1 atom stereocenters. The van der Waals surface area contributed by atoms with Gasteiger partial charge in [-0.15, -0.1) is 0 Å². The molecule has 2 heteroatoms. The van der Waals surface area contributed by atoms with E-state index in [1.165, 1.54) is 39.8 Å². The van der Waals surface area contributed by atoms with Gasteiger partial charge in [-0.05, 0) is 41.2 Å². The zero-order valence-electron chi connectivity index (χ0n) is 14.1. The van der Waals surface area contributed by atoms with Crippen LogP contribution < -0.4 is 0 Å². The Morgan fingerprint density at radius 1 is 1.08 bits per heavy atom. The molecule has 0 saturated heterocycles. The third kappa shape index (κ3) is 2.03. The van der Waals surface area contributed by atoms with E-state index in [2.05, 4.69) is 60.4 Å². The third-order valence-electron chi connectivity index (χ3n) is 5.82. The number of rotatable bonds is 1. The first-order valence-corrected chi connectivity index (χ1v) is 9.06. The van der Waals surface area contributed by atoms with Gasteiger partial charge in [0.05, 0.1) is 5.52 Å². The van der Waals surface area contributed by atoms with Crippen molar-refractivity contribution in [3.63, 3.8) is 0 Å². The van der Waals surface area contributed by atoms with E-state index < -0.39 is 0 Å². The number of aryl methyl sites for hydroxylation is 1. The fraction of sp³-hybridized carbons (Fsp3) is 0.318. The summed E-state index contributed by atoms with van der Waals surface area (Å²) in [7, 11) is 0. The molecule has 0 bridgehead atoms. The second kappa shape index (κ2) is 5.42. The predicted octanol–water partition coefficient (Wildman–Crippen LogP) is 4.45. The maximum Gasteiger partial charge on any atom is 0.0708 e. The van der Waals surface area contributed by atoms with E-state index in [0.717, 1.165) is 31.4 Å². The number of pyridine rings is 1. The Morgan fingerprint density at radius 2 is 1.92 bits per heavy atom. The lowest BCUT2D eigenvalue weighted by molar-refractivity contribution is 0.159. The number of aromatic nitrogens is 1. The summed E-state index contributed by atoms with van der Waals surface area (Å²) in [4.78, 5) is 7.73. The lowest BCUT2D eigenvalue weighted by Crippen LogP contribution is -2.40. The highest BCUT2D eigenvalue weighted by molar-refractivity contribution is 5.83. The molecule has 0 radical (unpaired) electrons. The van der Waals surface area contributed by atoms with Crippen LogP contribution in [0.3, 0.4) is 0 Å². The molecule has 0 N–H and O–H groups in total. The first-order chi connectivity index (χ1) is 11.8. The molecule has 0 saturated carbocycles. The fourth-order valence-electron chi connectivity index (χ4n) is 4.65. The minimum Gasteiger partial charge on any atom is -0.291 e. The topological polar surface area (TPSA) is 16.1 Å². The van der Waals surface area contributed by atoms with Crippen molar-refractivity contribution in [2.75, 3.05) is 6.54 Å². The Bertz CT molecular complexity index is 928. The average molecular weight is 314 g/mol. The zero-order chi connectivity index (χ0) is 16.1. The zero-order valence-corrected chi connectivity index (χ0v) is 14.1. The number of hydrogen-bond acceptors (Lipinski definition) is 2. The Morgan fingerprint density at radius 3 is 2.83 bits per heavy atom. The lowest BCUT2D eigenvalue weighted by Gasteiger charge is -2.41. The Balaban J connectivity index is 1.68. The van der Waals surface area contributed by atoms with E-state index in [-0.39, 0.29) is 0 Å². The van der Waals surface area contributed by atoms with Crippen molar-refractivity contribution in [2.45, 2.75) is 38.8 Å². The summed E-state index contributed by atoms with van der Waals surface area (Å²) in [5.74, 6) is 0. The van der Waals surface area contributed by atoms with Gasteiger partial charge in [0, 0.05) is 36.6 Å². The van der Waals surface area contributed by atoms with Gasteiger partial charge in [0.15, 0.2) is 0 Å². The second-order valence-corrected chi connectivity index (χ2v) is 7.03. The highest BCUT2D eigenvalue weighted by atomic mass is 15.2. The Hall–Kier alpha value is -2.19. The average Bonchev–Trinajstić information content (AvgIpc) is 2.64. The summed E-state index contributed by atoms with van der Waals surface area (Å²) >= 11 is 0. The van der Waals surface area contributed by atoms with Crippen LogP contribution in [0.25, 0.3) is 10.9 Å². The summed E-state index contributed by atoms with van der Waals surface area (Å²) < 4.78 is 0. The van der Waals surface area contributed by atoms with Gasteiger partial charge in [-0.3, -0.25) is 9.88 Å². The molecular formula is C22H22N2. The maximum atomic E-state index is 5.06. The summed E-state index contributed by atoms with van der Waals surface area (Å²) in [6, 6.07) is 18.1. The molecule has 120 valence electrons.